The molecule has 6 nitrogen and oxygen atoms in total. The standard InChI is InChI=1S/C53H33N5O/c1-4-14-34(15-5-1)40-32-44(37-16-6-2-7-17-37)53-55-52(56-57(53)33-40)39-30-26-36(27-31-39)35-24-28-38(29-25-35)48-50-47(51-49(54-48)43-21-11-13-23-46(43)59-51)42-20-10-12-22-45(42)58(50)41-18-8-3-9-19-41/h1-33H. The first kappa shape index (κ1) is 33.1. The summed E-state index contributed by atoms with van der Waals surface area (Å²) in [4.78, 5) is 10.5. The van der Waals surface area contributed by atoms with Gasteiger partial charge in [-0.15, -0.1) is 5.10 Å². The van der Waals surface area contributed by atoms with Crippen LogP contribution in [0.5, 0.6) is 0 Å². The second kappa shape index (κ2) is 13.3. The Morgan fingerprint density at radius 2 is 1.03 bits per heavy atom. The van der Waals surface area contributed by atoms with Crippen LogP contribution in [0.15, 0.2) is 205 Å². The zero-order valence-electron chi connectivity index (χ0n) is 31.7. The van der Waals surface area contributed by atoms with Crippen molar-refractivity contribution >= 4 is 49.5 Å². The van der Waals surface area contributed by atoms with E-state index in [0.29, 0.717) is 5.82 Å². The third-order valence-electron chi connectivity index (χ3n) is 11.4. The van der Waals surface area contributed by atoms with E-state index in [2.05, 4.69) is 175 Å². The Labute approximate surface area is 338 Å². The van der Waals surface area contributed by atoms with Crippen LogP contribution in [0.1, 0.15) is 0 Å². The Morgan fingerprint density at radius 3 is 1.76 bits per heavy atom. The number of aromatic nitrogens is 5. The Balaban J connectivity index is 0.954. The van der Waals surface area contributed by atoms with Crippen LogP contribution in [0.25, 0.3) is 111 Å². The number of benzene rings is 7. The number of furan rings is 1. The number of rotatable bonds is 6. The summed E-state index contributed by atoms with van der Waals surface area (Å²) in [6.07, 6.45) is 2.07. The van der Waals surface area contributed by atoms with Crippen molar-refractivity contribution in [3.63, 3.8) is 0 Å². The summed E-state index contributed by atoms with van der Waals surface area (Å²) < 4.78 is 10.9. The molecule has 7 aromatic carbocycles. The molecule has 276 valence electrons. The molecule has 0 fully saturated rings. The highest BCUT2D eigenvalue weighted by molar-refractivity contribution is 6.25. The summed E-state index contributed by atoms with van der Waals surface area (Å²) in [5.41, 5.74) is 16.0. The molecule has 12 aromatic rings. The van der Waals surface area contributed by atoms with Gasteiger partial charge in [0.2, 0.25) is 0 Å². The highest BCUT2D eigenvalue weighted by atomic mass is 16.3. The molecule has 0 saturated heterocycles. The van der Waals surface area contributed by atoms with Gasteiger partial charge in [0.1, 0.15) is 11.1 Å². The Morgan fingerprint density at radius 1 is 0.458 bits per heavy atom. The van der Waals surface area contributed by atoms with Crippen LogP contribution in [-0.4, -0.2) is 24.1 Å². The van der Waals surface area contributed by atoms with Crippen molar-refractivity contribution in [2.75, 3.05) is 0 Å². The first-order valence-corrected chi connectivity index (χ1v) is 19.8. The Bertz CT molecular complexity index is 3510. The van der Waals surface area contributed by atoms with E-state index in [-0.39, 0.29) is 0 Å². The summed E-state index contributed by atoms with van der Waals surface area (Å²) >= 11 is 0. The van der Waals surface area contributed by atoms with Crippen molar-refractivity contribution in [3.05, 3.63) is 200 Å². The van der Waals surface area contributed by atoms with Crippen molar-refractivity contribution in [2.24, 2.45) is 0 Å². The number of pyridine rings is 2. The molecule has 0 aliphatic heterocycles. The van der Waals surface area contributed by atoms with E-state index in [1.54, 1.807) is 0 Å². The average Bonchev–Trinajstić information content (AvgIpc) is 4.02. The van der Waals surface area contributed by atoms with Crippen LogP contribution in [0.2, 0.25) is 0 Å². The van der Waals surface area contributed by atoms with Gasteiger partial charge >= 0.3 is 0 Å². The van der Waals surface area contributed by atoms with Crippen molar-refractivity contribution in [3.8, 4) is 61.7 Å². The third kappa shape index (κ3) is 5.38. The lowest BCUT2D eigenvalue weighted by Crippen LogP contribution is -1.97. The lowest BCUT2D eigenvalue weighted by atomic mass is 10.00. The molecule has 0 unspecified atom stereocenters. The molecule has 5 heterocycles. The molecule has 0 spiro atoms. The zero-order chi connectivity index (χ0) is 38.9. The van der Waals surface area contributed by atoms with Crippen LogP contribution in [-0.2, 0) is 0 Å². The summed E-state index contributed by atoms with van der Waals surface area (Å²) in [7, 11) is 0. The van der Waals surface area contributed by atoms with E-state index in [4.69, 9.17) is 19.5 Å². The normalized spacial score (nSPS) is 11.7. The largest absolute Gasteiger partial charge is 0.454 e. The van der Waals surface area contributed by atoms with E-state index >= 15 is 0 Å². The van der Waals surface area contributed by atoms with Crippen molar-refractivity contribution in [2.45, 2.75) is 0 Å². The molecule has 0 saturated carbocycles. The molecule has 0 bridgehead atoms. The van der Waals surface area contributed by atoms with Gasteiger partial charge in [-0.1, -0.05) is 158 Å². The fraction of sp³-hybridized carbons (Fsp3) is 0. The van der Waals surface area contributed by atoms with E-state index in [9.17, 15) is 0 Å². The van der Waals surface area contributed by atoms with Crippen molar-refractivity contribution < 1.29 is 4.42 Å². The molecular weight excluding hydrogens is 723 g/mol. The molecule has 0 amide bonds. The summed E-state index contributed by atoms with van der Waals surface area (Å²) in [6, 6.07) is 67.5. The molecule has 6 heteroatoms. The lowest BCUT2D eigenvalue weighted by molar-refractivity contribution is 0.672. The highest BCUT2D eigenvalue weighted by Gasteiger charge is 2.24. The first-order valence-electron chi connectivity index (χ1n) is 19.8. The van der Waals surface area contributed by atoms with Crippen LogP contribution < -0.4 is 0 Å². The third-order valence-corrected chi connectivity index (χ3v) is 11.4. The number of nitrogens with zero attached hydrogens (tertiary/aromatic N) is 5. The fourth-order valence-electron chi connectivity index (χ4n) is 8.58. The van der Waals surface area contributed by atoms with Gasteiger partial charge in [0.25, 0.3) is 0 Å². The van der Waals surface area contributed by atoms with E-state index in [0.717, 1.165) is 105 Å². The smallest absolute Gasteiger partial charge is 0.182 e. The monoisotopic (exact) mass is 755 g/mol. The SMILES string of the molecule is c1ccc(-c2cc(-c3ccccc3)c3nc(-c4ccc(-c5ccc(-c6nc7c8ccccc8oc7c7c8ccccc8n(-c8ccccc8)c67)cc5)cc4)nn3c2)cc1. The predicted molar refractivity (Wildman–Crippen MR) is 240 cm³/mol. The molecular formula is C53H33N5O. The number of hydrogen-bond donors (Lipinski definition) is 0. The second-order valence-electron chi connectivity index (χ2n) is 14.9. The van der Waals surface area contributed by atoms with E-state index in [1.165, 1.54) is 0 Å². The van der Waals surface area contributed by atoms with Gasteiger partial charge in [-0.3, -0.25) is 0 Å². The van der Waals surface area contributed by atoms with Gasteiger partial charge in [0, 0.05) is 44.9 Å². The molecule has 12 rings (SSSR count). The predicted octanol–water partition coefficient (Wildman–Crippen LogP) is 13.5. The highest BCUT2D eigenvalue weighted by Crippen LogP contribution is 2.44. The number of hydrogen-bond acceptors (Lipinski definition) is 4. The quantitative estimate of drug-likeness (QED) is 0.170. The maximum absolute atomic E-state index is 6.61. The molecule has 5 aromatic heterocycles. The number of fused-ring (bicyclic) bond motifs is 8. The fourth-order valence-corrected chi connectivity index (χ4v) is 8.58. The second-order valence-corrected chi connectivity index (χ2v) is 14.9. The van der Waals surface area contributed by atoms with E-state index in [1.807, 2.05) is 34.8 Å². The molecule has 0 aliphatic rings. The maximum atomic E-state index is 6.61. The first-order chi connectivity index (χ1) is 29.2. The van der Waals surface area contributed by atoms with Gasteiger partial charge in [-0.2, -0.15) is 0 Å². The minimum Gasteiger partial charge on any atom is -0.454 e. The van der Waals surface area contributed by atoms with Gasteiger partial charge < -0.3 is 8.98 Å². The molecule has 59 heavy (non-hydrogen) atoms. The molecule has 0 aliphatic carbocycles. The maximum Gasteiger partial charge on any atom is 0.182 e. The van der Waals surface area contributed by atoms with Crippen molar-refractivity contribution in [1.82, 2.24) is 24.1 Å². The molecule has 0 atom stereocenters. The molecule has 0 N–H and O–H groups in total. The van der Waals surface area contributed by atoms with Crippen LogP contribution in [0, 0.1) is 0 Å². The molecule has 0 radical (unpaired) electrons. The summed E-state index contributed by atoms with van der Waals surface area (Å²) in [5.74, 6) is 0.681. The Kier molecular flexibility index (Phi) is 7.43. The summed E-state index contributed by atoms with van der Waals surface area (Å²) in [5, 5.41) is 8.20. The number of para-hydroxylation sites is 3. The minimum absolute atomic E-state index is 0.681. The zero-order valence-corrected chi connectivity index (χ0v) is 31.7. The van der Waals surface area contributed by atoms with Gasteiger partial charge in [0.15, 0.2) is 17.1 Å². The van der Waals surface area contributed by atoms with Crippen LogP contribution in [0.4, 0.5) is 0 Å². The van der Waals surface area contributed by atoms with E-state index < -0.39 is 0 Å². The minimum atomic E-state index is 0.681. The van der Waals surface area contributed by atoms with Gasteiger partial charge in [-0.25, -0.2) is 14.5 Å². The van der Waals surface area contributed by atoms with Crippen LogP contribution in [0.3, 0.4) is 0 Å². The lowest BCUT2D eigenvalue weighted by Gasteiger charge is -2.12. The topological polar surface area (TPSA) is 61.2 Å². The van der Waals surface area contributed by atoms with Crippen LogP contribution >= 0.6 is 0 Å². The summed E-state index contributed by atoms with van der Waals surface area (Å²) in [6.45, 7) is 0. The average molecular weight is 756 g/mol. The van der Waals surface area contributed by atoms with Gasteiger partial charge in [-0.05, 0) is 58.7 Å². The van der Waals surface area contributed by atoms with Crippen molar-refractivity contribution in [1.29, 1.82) is 0 Å². The van der Waals surface area contributed by atoms with Gasteiger partial charge in [0.05, 0.1) is 22.1 Å². The Hall–Kier alpha value is -8.09.